The van der Waals surface area contributed by atoms with Crippen LogP contribution in [0.1, 0.15) is 16.1 Å². The number of aromatic nitrogens is 2. The van der Waals surface area contributed by atoms with Crippen LogP contribution >= 0.6 is 15.9 Å². The number of nitrogens with zero attached hydrogens (tertiary/aromatic N) is 3. The van der Waals surface area contributed by atoms with Crippen LogP contribution in [0, 0.1) is 0 Å². The van der Waals surface area contributed by atoms with Crippen molar-refractivity contribution in [2.45, 2.75) is 6.61 Å². The Labute approximate surface area is 175 Å². The molecule has 146 valence electrons. The predicted molar refractivity (Wildman–Crippen MR) is 113 cm³/mol. The molecule has 0 unspecified atom stereocenters. The monoisotopic (exact) mass is 452 g/mol. The number of halogens is 1. The average Bonchev–Trinajstić information content (AvgIpc) is 3.16. The van der Waals surface area contributed by atoms with Crippen LogP contribution in [0.3, 0.4) is 0 Å². The van der Waals surface area contributed by atoms with E-state index in [0.717, 1.165) is 15.7 Å². The molecule has 2 aromatic heterocycles. The smallest absolute Gasteiger partial charge is 0.302 e. The molecule has 0 bridgehead atoms. The third kappa shape index (κ3) is 4.22. The van der Waals surface area contributed by atoms with Gasteiger partial charge in [0.25, 0.3) is 5.91 Å². The van der Waals surface area contributed by atoms with Gasteiger partial charge >= 0.3 is 6.01 Å². The number of pyridine rings is 1. The number of hydrogen-bond acceptors (Lipinski definition) is 6. The normalized spacial score (nSPS) is 10.8. The highest BCUT2D eigenvalue weighted by Crippen LogP contribution is 2.29. The van der Waals surface area contributed by atoms with Gasteiger partial charge in [0.2, 0.25) is 0 Å². The van der Waals surface area contributed by atoms with Crippen molar-refractivity contribution >= 4 is 44.6 Å². The number of rotatable bonds is 6. The van der Waals surface area contributed by atoms with Crippen molar-refractivity contribution in [3.05, 3.63) is 76.5 Å². The number of hydrogen-bond donors (Lipinski definition) is 1. The van der Waals surface area contributed by atoms with Gasteiger partial charge < -0.3 is 14.9 Å². The lowest BCUT2D eigenvalue weighted by atomic mass is 10.2. The summed E-state index contributed by atoms with van der Waals surface area (Å²) in [6, 6.07) is 17.2. The van der Waals surface area contributed by atoms with Crippen molar-refractivity contribution in [2.24, 2.45) is 5.73 Å². The van der Waals surface area contributed by atoms with Crippen molar-refractivity contribution in [3.8, 4) is 5.75 Å². The summed E-state index contributed by atoms with van der Waals surface area (Å²) in [6.07, 6.45) is 1.53. The first-order valence-corrected chi connectivity index (χ1v) is 9.56. The van der Waals surface area contributed by atoms with Gasteiger partial charge in [-0.15, -0.1) is 0 Å². The van der Waals surface area contributed by atoms with Crippen LogP contribution < -0.4 is 15.4 Å². The molecule has 29 heavy (non-hydrogen) atoms. The molecule has 0 saturated heterocycles. The standard InChI is InChI=1S/C21H17BrN4O3/c1-26(15-4-2-14(22)3-5-15)21-25-17-11-16(6-7-19(17)29-21)28-12-13-8-9-24-18(10-13)20(23)27/h2-11H,12H2,1H3,(H2,23,27). The minimum atomic E-state index is -0.571. The summed E-state index contributed by atoms with van der Waals surface area (Å²) in [5.41, 5.74) is 8.57. The van der Waals surface area contributed by atoms with Crippen LogP contribution in [0.4, 0.5) is 11.7 Å². The van der Waals surface area contributed by atoms with Crippen molar-refractivity contribution in [2.75, 3.05) is 11.9 Å². The van der Waals surface area contributed by atoms with Crippen LogP contribution in [-0.2, 0) is 6.61 Å². The zero-order chi connectivity index (χ0) is 20.4. The predicted octanol–water partition coefficient (Wildman–Crippen LogP) is 4.43. The highest BCUT2D eigenvalue weighted by molar-refractivity contribution is 9.10. The molecule has 0 spiro atoms. The number of ether oxygens (including phenoxy) is 1. The van der Waals surface area contributed by atoms with Crippen LogP contribution in [0.25, 0.3) is 11.1 Å². The Bertz CT molecular complexity index is 1170. The molecule has 1 amide bonds. The summed E-state index contributed by atoms with van der Waals surface area (Å²) in [6.45, 7) is 0.276. The summed E-state index contributed by atoms with van der Waals surface area (Å²) >= 11 is 3.43. The van der Waals surface area contributed by atoms with E-state index in [1.165, 1.54) is 6.20 Å². The number of carbonyl (C=O) groups is 1. The molecule has 0 radical (unpaired) electrons. The summed E-state index contributed by atoms with van der Waals surface area (Å²) in [5, 5.41) is 0. The molecule has 7 nitrogen and oxygen atoms in total. The molecule has 0 aliphatic carbocycles. The minimum absolute atomic E-state index is 0.207. The molecule has 0 atom stereocenters. The number of amides is 1. The van der Waals surface area contributed by atoms with Crippen LogP contribution in [-0.4, -0.2) is 22.9 Å². The van der Waals surface area contributed by atoms with Crippen molar-refractivity contribution < 1.29 is 13.9 Å². The second kappa shape index (κ2) is 7.92. The molecule has 2 heterocycles. The minimum Gasteiger partial charge on any atom is -0.489 e. The van der Waals surface area contributed by atoms with Gasteiger partial charge in [-0.2, -0.15) is 4.98 Å². The van der Waals surface area contributed by atoms with Crippen molar-refractivity contribution in [1.29, 1.82) is 0 Å². The van der Waals surface area contributed by atoms with Gasteiger partial charge in [-0.25, -0.2) is 0 Å². The largest absolute Gasteiger partial charge is 0.489 e. The molecule has 4 rings (SSSR count). The van der Waals surface area contributed by atoms with Gasteiger partial charge in [0.15, 0.2) is 5.58 Å². The van der Waals surface area contributed by atoms with E-state index in [0.29, 0.717) is 22.9 Å². The lowest BCUT2D eigenvalue weighted by Gasteiger charge is -2.14. The fourth-order valence-corrected chi connectivity index (χ4v) is 3.03. The molecule has 8 heteroatoms. The first kappa shape index (κ1) is 18.9. The number of benzene rings is 2. The highest BCUT2D eigenvalue weighted by atomic mass is 79.9. The SMILES string of the molecule is CN(c1ccc(Br)cc1)c1nc2cc(OCc3ccnc(C(N)=O)c3)ccc2o1. The van der Waals surface area contributed by atoms with Crippen LogP contribution in [0.5, 0.6) is 5.75 Å². The van der Waals surface area contributed by atoms with E-state index in [-0.39, 0.29) is 12.3 Å². The van der Waals surface area contributed by atoms with E-state index in [4.69, 9.17) is 14.9 Å². The Kier molecular flexibility index (Phi) is 5.18. The lowest BCUT2D eigenvalue weighted by molar-refractivity contribution is 0.0995. The molecule has 4 aromatic rings. The Balaban J connectivity index is 1.51. The first-order valence-electron chi connectivity index (χ1n) is 8.77. The first-order chi connectivity index (χ1) is 14.0. The third-order valence-corrected chi connectivity index (χ3v) is 4.86. The zero-order valence-corrected chi connectivity index (χ0v) is 17.1. The summed E-state index contributed by atoms with van der Waals surface area (Å²) < 4.78 is 12.7. The Hall–Kier alpha value is -3.39. The van der Waals surface area contributed by atoms with Crippen molar-refractivity contribution in [3.63, 3.8) is 0 Å². The van der Waals surface area contributed by atoms with Gasteiger partial charge in [-0.3, -0.25) is 14.7 Å². The van der Waals surface area contributed by atoms with Crippen molar-refractivity contribution in [1.82, 2.24) is 9.97 Å². The van der Waals surface area contributed by atoms with Gasteiger partial charge in [-0.05, 0) is 54.1 Å². The molecular weight excluding hydrogens is 436 g/mol. The third-order valence-electron chi connectivity index (χ3n) is 4.33. The fraction of sp³-hybridized carbons (Fsp3) is 0.0952. The van der Waals surface area contributed by atoms with E-state index < -0.39 is 5.91 Å². The van der Waals surface area contributed by atoms with E-state index in [1.807, 2.05) is 54.4 Å². The topological polar surface area (TPSA) is 94.5 Å². The summed E-state index contributed by atoms with van der Waals surface area (Å²) in [5.74, 6) is 0.0689. The average molecular weight is 453 g/mol. The number of carbonyl (C=O) groups excluding carboxylic acids is 1. The number of oxazole rings is 1. The van der Waals surface area contributed by atoms with E-state index in [9.17, 15) is 4.79 Å². The van der Waals surface area contributed by atoms with Crippen LogP contribution in [0.2, 0.25) is 0 Å². The van der Waals surface area contributed by atoms with E-state index >= 15 is 0 Å². The number of nitrogens with two attached hydrogens (primary N) is 1. The second-order valence-corrected chi connectivity index (χ2v) is 7.28. The molecule has 2 aromatic carbocycles. The number of primary amides is 1. The molecule has 0 aliphatic rings. The molecule has 0 aliphatic heterocycles. The molecule has 0 saturated carbocycles. The zero-order valence-electron chi connectivity index (χ0n) is 15.5. The number of fused-ring (bicyclic) bond motifs is 1. The Morgan fingerprint density at radius 3 is 2.72 bits per heavy atom. The maximum absolute atomic E-state index is 11.2. The highest BCUT2D eigenvalue weighted by Gasteiger charge is 2.13. The van der Waals surface area contributed by atoms with E-state index in [1.54, 1.807) is 12.1 Å². The second-order valence-electron chi connectivity index (χ2n) is 6.36. The van der Waals surface area contributed by atoms with Crippen LogP contribution in [0.15, 0.2) is 69.7 Å². The summed E-state index contributed by atoms with van der Waals surface area (Å²) in [7, 11) is 1.89. The maximum atomic E-state index is 11.2. The van der Waals surface area contributed by atoms with Gasteiger partial charge in [0, 0.05) is 29.5 Å². The Morgan fingerprint density at radius 1 is 1.17 bits per heavy atom. The van der Waals surface area contributed by atoms with Gasteiger partial charge in [0.1, 0.15) is 23.6 Å². The molecule has 2 N–H and O–H groups in total. The molecule has 0 fully saturated rings. The Morgan fingerprint density at radius 2 is 1.97 bits per heavy atom. The lowest BCUT2D eigenvalue weighted by Crippen LogP contribution is -2.13. The quantitative estimate of drug-likeness (QED) is 0.464. The fourth-order valence-electron chi connectivity index (χ4n) is 2.77. The summed E-state index contributed by atoms with van der Waals surface area (Å²) in [4.78, 5) is 21.6. The van der Waals surface area contributed by atoms with E-state index in [2.05, 4.69) is 25.9 Å². The van der Waals surface area contributed by atoms with Gasteiger partial charge in [0.05, 0.1) is 0 Å². The van der Waals surface area contributed by atoms with Gasteiger partial charge in [-0.1, -0.05) is 15.9 Å². The molecular formula is C21H17BrN4O3. The maximum Gasteiger partial charge on any atom is 0.302 e. The number of anilines is 2.